The predicted octanol–water partition coefficient (Wildman–Crippen LogP) is 3.04. The Morgan fingerprint density at radius 2 is 1.90 bits per heavy atom. The van der Waals surface area contributed by atoms with E-state index in [2.05, 4.69) is 62.4 Å². The molecule has 0 spiro atoms. The third-order valence-corrected chi connectivity index (χ3v) is 6.06. The maximum absolute atomic E-state index is 5.06. The number of likely N-dealkylation sites (tertiary alicyclic amines) is 1. The van der Waals surface area contributed by atoms with Gasteiger partial charge in [0, 0.05) is 57.9 Å². The molecule has 4 rings (SSSR count). The van der Waals surface area contributed by atoms with Crippen LogP contribution in [0.1, 0.15) is 31.0 Å². The molecule has 2 aromatic rings. The first kappa shape index (κ1) is 24.0. The van der Waals surface area contributed by atoms with Gasteiger partial charge in [0.2, 0.25) is 0 Å². The Kier molecular flexibility index (Phi) is 9.60. The summed E-state index contributed by atoms with van der Waals surface area (Å²) in [6.07, 6.45) is 4.15. The van der Waals surface area contributed by atoms with Crippen LogP contribution in [0.25, 0.3) is 0 Å². The lowest BCUT2D eigenvalue weighted by Crippen LogP contribution is -2.52. The highest BCUT2D eigenvalue weighted by Gasteiger charge is 2.25. The number of guanidine groups is 1. The largest absolute Gasteiger partial charge is 0.364 e. The van der Waals surface area contributed by atoms with E-state index in [-0.39, 0.29) is 24.0 Å². The molecule has 1 unspecified atom stereocenters. The Bertz CT molecular complexity index is 777. The summed E-state index contributed by atoms with van der Waals surface area (Å²) < 4.78 is 4.95. The average Bonchev–Trinajstić information content (AvgIpc) is 3.45. The first-order valence-electron chi connectivity index (χ1n) is 11.2. The summed E-state index contributed by atoms with van der Waals surface area (Å²) in [5.41, 5.74) is 2.40. The molecule has 2 aliphatic heterocycles. The first-order chi connectivity index (χ1) is 14.8. The highest BCUT2D eigenvalue weighted by atomic mass is 127. The van der Waals surface area contributed by atoms with E-state index >= 15 is 0 Å². The lowest BCUT2D eigenvalue weighted by molar-refractivity contribution is 0.168. The van der Waals surface area contributed by atoms with E-state index in [0.717, 1.165) is 64.0 Å². The fraction of sp³-hybridized carbons (Fsp3) is 0.565. The number of hydrogen-bond acceptors (Lipinski definition) is 5. The second-order valence-electron chi connectivity index (χ2n) is 8.20. The molecule has 3 heterocycles. The van der Waals surface area contributed by atoms with Gasteiger partial charge in [-0.25, -0.2) is 0 Å². The topological polar surface area (TPSA) is 60.1 Å². The van der Waals surface area contributed by atoms with Crippen LogP contribution in [0.4, 0.5) is 0 Å². The van der Waals surface area contributed by atoms with Crippen molar-refractivity contribution in [1.82, 2.24) is 25.2 Å². The molecule has 0 radical (unpaired) electrons. The van der Waals surface area contributed by atoms with E-state index in [4.69, 9.17) is 9.52 Å². The Hall–Kier alpha value is -1.65. The molecule has 2 saturated heterocycles. The van der Waals surface area contributed by atoms with E-state index in [1.165, 1.54) is 24.9 Å². The molecule has 1 aromatic carbocycles. The van der Waals surface area contributed by atoms with Crippen molar-refractivity contribution in [3.05, 3.63) is 53.9 Å². The normalized spacial score (nSPS) is 20.6. The van der Waals surface area contributed by atoms with Crippen molar-refractivity contribution in [2.24, 2.45) is 4.99 Å². The van der Waals surface area contributed by atoms with Crippen molar-refractivity contribution >= 4 is 29.9 Å². The third kappa shape index (κ3) is 6.92. The summed E-state index contributed by atoms with van der Waals surface area (Å²) in [6.45, 7) is 11.0. The Morgan fingerprint density at radius 1 is 1.10 bits per heavy atom. The average molecular weight is 538 g/mol. The van der Waals surface area contributed by atoms with Crippen molar-refractivity contribution in [1.29, 1.82) is 0 Å². The molecule has 170 valence electrons. The fourth-order valence-corrected chi connectivity index (χ4v) is 4.41. The van der Waals surface area contributed by atoms with Crippen LogP contribution in [0.3, 0.4) is 0 Å². The molecule has 1 atom stereocenters. The summed E-state index contributed by atoms with van der Waals surface area (Å²) in [5.74, 6) is 1.06. The SMILES string of the molecule is CCNC(=NCC1CCCN1Cc1ccccc1)N1CCN(Cc2ccon2)CC1.I. The van der Waals surface area contributed by atoms with Crippen LogP contribution in [0.15, 0.2) is 52.2 Å². The Morgan fingerprint density at radius 3 is 2.61 bits per heavy atom. The van der Waals surface area contributed by atoms with Crippen LogP contribution in [0.5, 0.6) is 0 Å². The van der Waals surface area contributed by atoms with Crippen molar-refractivity contribution in [3.8, 4) is 0 Å². The summed E-state index contributed by atoms with van der Waals surface area (Å²) in [7, 11) is 0. The monoisotopic (exact) mass is 538 g/mol. The van der Waals surface area contributed by atoms with Gasteiger partial charge in [-0.15, -0.1) is 24.0 Å². The molecule has 31 heavy (non-hydrogen) atoms. The molecule has 0 aliphatic carbocycles. The Balaban J connectivity index is 0.00000272. The minimum absolute atomic E-state index is 0. The molecule has 8 heteroatoms. The zero-order valence-corrected chi connectivity index (χ0v) is 20.8. The quantitative estimate of drug-likeness (QED) is 0.333. The Labute approximate surface area is 202 Å². The molecular formula is C23H35IN6O. The van der Waals surface area contributed by atoms with Crippen molar-refractivity contribution in [2.75, 3.05) is 45.8 Å². The smallest absolute Gasteiger partial charge is 0.194 e. The molecule has 0 saturated carbocycles. The van der Waals surface area contributed by atoms with Gasteiger partial charge < -0.3 is 14.7 Å². The van der Waals surface area contributed by atoms with Gasteiger partial charge in [-0.3, -0.25) is 14.8 Å². The van der Waals surface area contributed by atoms with Crippen LogP contribution in [0, 0.1) is 0 Å². The van der Waals surface area contributed by atoms with Crippen LogP contribution in [0.2, 0.25) is 0 Å². The third-order valence-electron chi connectivity index (χ3n) is 6.06. The van der Waals surface area contributed by atoms with E-state index in [0.29, 0.717) is 6.04 Å². The molecular weight excluding hydrogens is 503 g/mol. The minimum Gasteiger partial charge on any atom is -0.364 e. The van der Waals surface area contributed by atoms with E-state index < -0.39 is 0 Å². The van der Waals surface area contributed by atoms with Crippen LogP contribution in [-0.4, -0.2) is 77.7 Å². The van der Waals surface area contributed by atoms with E-state index in [1.54, 1.807) is 6.26 Å². The van der Waals surface area contributed by atoms with Gasteiger partial charge in [0.15, 0.2) is 5.96 Å². The number of nitrogens with one attached hydrogen (secondary N) is 1. The maximum atomic E-state index is 5.06. The summed E-state index contributed by atoms with van der Waals surface area (Å²) in [4.78, 5) is 12.5. The van der Waals surface area contributed by atoms with Crippen molar-refractivity contribution < 1.29 is 4.52 Å². The molecule has 7 nitrogen and oxygen atoms in total. The van der Waals surface area contributed by atoms with E-state index in [9.17, 15) is 0 Å². The van der Waals surface area contributed by atoms with Crippen molar-refractivity contribution in [3.63, 3.8) is 0 Å². The van der Waals surface area contributed by atoms with Gasteiger partial charge in [-0.05, 0) is 31.9 Å². The van der Waals surface area contributed by atoms with Gasteiger partial charge >= 0.3 is 0 Å². The number of hydrogen-bond donors (Lipinski definition) is 1. The number of nitrogens with zero attached hydrogens (tertiary/aromatic N) is 5. The molecule has 2 aliphatic rings. The van der Waals surface area contributed by atoms with Gasteiger partial charge in [0.25, 0.3) is 0 Å². The zero-order valence-electron chi connectivity index (χ0n) is 18.4. The first-order valence-corrected chi connectivity index (χ1v) is 11.2. The van der Waals surface area contributed by atoms with Crippen LogP contribution < -0.4 is 5.32 Å². The number of piperazine rings is 1. The standard InChI is InChI=1S/C23H34N6O.HI/c1-2-24-23(28-14-12-27(13-15-28)19-21-10-16-30-26-21)25-17-22-9-6-11-29(22)18-20-7-4-3-5-8-20;/h3-5,7-8,10,16,22H,2,6,9,11-15,17-19H2,1H3,(H,24,25);1H. The number of aliphatic imine (C=N–C) groups is 1. The molecule has 0 bridgehead atoms. The lowest BCUT2D eigenvalue weighted by Gasteiger charge is -2.36. The highest BCUT2D eigenvalue weighted by Crippen LogP contribution is 2.20. The van der Waals surface area contributed by atoms with Gasteiger partial charge in [-0.2, -0.15) is 0 Å². The van der Waals surface area contributed by atoms with Crippen LogP contribution in [-0.2, 0) is 13.1 Å². The molecule has 1 N–H and O–H groups in total. The van der Waals surface area contributed by atoms with Gasteiger partial charge in [0.1, 0.15) is 6.26 Å². The molecule has 2 fully saturated rings. The second kappa shape index (κ2) is 12.4. The lowest BCUT2D eigenvalue weighted by atomic mass is 10.2. The summed E-state index contributed by atoms with van der Waals surface area (Å²) in [5, 5.41) is 7.55. The highest BCUT2D eigenvalue weighted by molar-refractivity contribution is 14.0. The van der Waals surface area contributed by atoms with Crippen LogP contribution >= 0.6 is 24.0 Å². The summed E-state index contributed by atoms with van der Waals surface area (Å²) >= 11 is 0. The summed E-state index contributed by atoms with van der Waals surface area (Å²) in [6, 6.07) is 13.3. The van der Waals surface area contributed by atoms with Gasteiger partial charge in [0.05, 0.1) is 12.2 Å². The van der Waals surface area contributed by atoms with Gasteiger partial charge in [-0.1, -0.05) is 35.5 Å². The zero-order chi connectivity index (χ0) is 20.6. The molecule has 1 aromatic heterocycles. The maximum Gasteiger partial charge on any atom is 0.194 e. The van der Waals surface area contributed by atoms with E-state index in [1.807, 2.05) is 6.07 Å². The predicted molar refractivity (Wildman–Crippen MR) is 135 cm³/mol. The second-order valence-corrected chi connectivity index (χ2v) is 8.20. The van der Waals surface area contributed by atoms with Crippen molar-refractivity contribution in [2.45, 2.75) is 38.9 Å². The number of aromatic nitrogens is 1. The number of rotatable bonds is 7. The molecule has 0 amide bonds. The fourth-order valence-electron chi connectivity index (χ4n) is 4.41. The number of benzene rings is 1. The minimum atomic E-state index is 0. The number of halogens is 1.